The van der Waals surface area contributed by atoms with Crippen LogP contribution in [0.4, 0.5) is 0 Å². The van der Waals surface area contributed by atoms with Gasteiger partial charge in [0.15, 0.2) is 0 Å². The fourth-order valence-corrected chi connectivity index (χ4v) is 1.50. The van der Waals surface area contributed by atoms with Gasteiger partial charge in [0.25, 0.3) is 0 Å². The summed E-state index contributed by atoms with van der Waals surface area (Å²) in [5.74, 6) is -0.540. The Balaban J connectivity index is 2.03. The van der Waals surface area contributed by atoms with Crippen molar-refractivity contribution in [3.63, 3.8) is 0 Å². The molecule has 0 spiro atoms. The van der Waals surface area contributed by atoms with E-state index in [9.17, 15) is 4.79 Å². The number of aryl methyl sites for hydroxylation is 1. The zero-order chi connectivity index (χ0) is 13.7. The number of carboxylic acids is 1. The predicted molar refractivity (Wildman–Crippen MR) is 67.2 cm³/mol. The monoisotopic (exact) mass is 259 g/mol. The van der Waals surface area contributed by atoms with Gasteiger partial charge in [0.1, 0.15) is 11.4 Å². The van der Waals surface area contributed by atoms with E-state index in [4.69, 9.17) is 9.84 Å². The van der Waals surface area contributed by atoms with Crippen molar-refractivity contribution in [1.29, 1.82) is 0 Å². The van der Waals surface area contributed by atoms with E-state index in [-0.39, 0.29) is 11.4 Å². The number of pyridine rings is 1. The van der Waals surface area contributed by atoms with E-state index in [2.05, 4.69) is 15.0 Å². The number of rotatable bonds is 5. The molecule has 0 amide bonds. The molecule has 0 aliphatic rings. The molecule has 2 aromatic rings. The first kappa shape index (κ1) is 12.9. The molecule has 0 aromatic carbocycles. The molecule has 1 N–H and O–H groups in total. The number of aromatic carboxylic acids is 1. The average molecular weight is 259 g/mol. The van der Waals surface area contributed by atoms with Crippen LogP contribution < -0.4 is 4.74 Å². The number of carboxylic acid groups (broad SMARTS) is 1. The van der Waals surface area contributed by atoms with Crippen molar-refractivity contribution in [3.8, 4) is 5.88 Å². The summed E-state index contributed by atoms with van der Waals surface area (Å²) >= 11 is 0. The maximum atomic E-state index is 11.0. The second kappa shape index (κ2) is 5.90. The van der Waals surface area contributed by atoms with Crippen molar-refractivity contribution in [2.24, 2.45) is 0 Å². The van der Waals surface area contributed by atoms with Crippen molar-refractivity contribution in [2.75, 3.05) is 6.61 Å². The van der Waals surface area contributed by atoms with Crippen LogP contribution in [0.2, 0.25) is 0 Å². The third kappa shape index (κ3) is 3.48. The molecule has 19 heavy (non-hydrogen) atoms. The van der Waals surface area contributed by atoms with Crippen LogP contribution >= 0.6 is 0 Å². The van der Waals surface area contributed by atoms with Crippen molar-refractivity contribution in [3.05, 3.63) is 47.7 Å². The van der Waals surface area contributed by atoms with E-state index in [0.29, 0.717) is 18.9 Å². The van der Waals surface area contributed by atoms with Gasteiger partial charge in [0.2, 0.25) is 5.88 Å². The molecular formula is C13H13N3O3. The van der Waals surface area contributed by atoms with Crippen LogP contribution in [0, 0.1) is 6.92 Å². The lowest BCUT2D eigenvalue weighted by atomic mass is 10.3. The molecule has 0 atom stereocenters. The highest BCUT2D eigenvalue weighted by molar-refractivity contribution is 5.89. The number of hydrogen-bond acceptors (Lipinski definition) is 5. The van der Waals surface area contributed by atoms with E-state index in [1.807, 2.05) is 18.2 Å². The first-order valence-corrected chi connectivity index (χ1v) is 5.76. The molecule has 0 bridgehead atoms. The van der Waals surface area contributed by atoms with Crippen LogP contribution in [-0.4, -0.2) is 32.6 Å². The summed E-state index contributed by atoms with van der Waals surface area (Å²) in [5, 5.41) is 9.00. The maximum Gasteiger partial charge on any atom is 0.342 e. The Morgan fingerprint density at radius 3 is 2.89 bits per heavy atom. The molecule has 0 fully saturated rings. The first-order chi connectivity index (χ1) is 9.16. The van der Waals surface area contributed by atoms with Crippen LogP contribution in [0.15, 0.2) is 30.6 Å². The second-order valence-corrected chi connectivity index (χ2v) is 3.86. The Labute approximate surface area is 110 Å². The Hall–Kier alpha value is -2.50. The minimum absolute atomic E-state index is 0.0355. The fraction of sp³-hybridized carbons (Fsp3) is 0.231. The smallest absolute Gasteiger partial charge is 0.342 e. The molecule has 6 heteroatoms. The van der Waals surface area contributed by atoms with Gasteiger partial charge in [-0.25, -0.2) is 9.78 Å². The lowest BCUT2D eigenvalue weighted by Crippen LogP contribution is -2.10. The number of ether oxygens (including phenoxy) is 1. The van der Waals surface area contributed by atoms with Crippen LogP contribution in [0.5, 0.6) is 5.88 Å². The normalized spacial score (nSPS) is 10.2. The molecule has 0 saturated heterocycles. The van der Waals surface area contributed by atoms with Crippen LogP contribution in [-0.2, 0) is 6.42 Å². The summed E-state index contributed by atoms with van der Waals surface area (Å²) in [6, 6.07) is 5.60. The third-order valence-electron chi connectivity index (χ3n) is 2.43. The first-order valence-electron chi connectivity index (χ1n) is 5.76. The zero-order valence-corrected chi connectivity index (χ0v) is 10.4. The van der Waals surface area contributed by atoms with Crippen molar-refractivity contribution in [1.82, 2.24) is 15.0 Å². The highest BCUT2D eigenvalue weighted by Gasteiger charge is 2.13. The summed E-state index contributed by atoms with van der Waals surface area (Å²) in [5.41, 5.74) is 0.844. The summed E-state index contributed by atoms with van der Waals surface area (Å²) in [4.78, 5) is 23.0. The van der Waals surface area contributed by atoms with E-state index >= 15 is 0 Å². The molecule has 2 heterocycles. The van der Waals surface area contributed by atoms with Gasteiger partial charge in [-0.2, -0.15) is 4.98 Å². The SMILES string of the molecule is Cc1ncc(C(=O)O)c(OCCc2ccccn2)n1. The molecule has 0 aliphatic carbocycles. The van der Waals surface area contributed by atoms with Gasteiger partial charge in [0, 0.05) is 24.5 Å². The van der Waals surface area contributed by atoms with Gasteiger partial charge in [-0.05, 0) is 19.1 Å². The van der Waals surface area contributed by atoms with Crippen molar-refractivity contribution in [2.45, 2.75) is 13.3 Å². The molecule has 2 rings (SSSR count). The molecule has 98 valence electrons. The fourth-order valence-electron chi connectivity index (χ4n) is 1.50. The highest BCUT2D eigenvalue weighted by atomic mass is 16.5. The van der Waals surface area contributed by atoms with Crippen LogP contribution in [0.1, 0.15) is 21.9 Å². The molecule has 6 nitrogen and oxygen atoms in total. The predicted octanol–water partition coefficient (Wildman–Crippen LogP) is 1.50. The molecule has 0 aliphatic heterocycles. The Kier molecular flexibility index (Phi) is 4.02. The summed E-state index contributed by atoms with van der Waals surface area (Å²) in [7, 11) is 0. The van der Waals surface area contributed by atoms with E-state index in [1.54, 1.807) is 13.1 Å². The van der Waals surface area contributed by atoms with E-state index in [1.165, 1.54) is 6.20 Å². The van der Waals surface area contributed by atoms with Crippen LogP contribution in [0.3, 0.4) is 0 Å². The lowest BCUT2D eigenvalue weighted by molar-refractivity contribution is 0.0690. The number of aromatic nitrogens is 3. The van der Waals surface area contributed by atoms with E-state index in [0.717, 1.165) is 5.69 Å². The van der Waals surface area contributed by atoms with Gasteiger partial charge in [-0.15, -0.1) is 0 Å². The highest BCUT2D eigenvalue weighted by Crippen LogP contribution is 2.14. The standard InChI is InChI=1S/C13H13N3O3/c1-9-15-8-11(13(17)18)12(16-9)19-7-5-10-4-2-3-6-14-10/h2-4,6,8H,5,7H2,1H3,(H,17,18). The Bertz CT molecular complexity index is 573. The molecule has 0 saturated carbocycles. The van der Waals surface area contributed by atoms with Gasteiger partial charge in [-0.1, -0.05) is 6.07 Å². The van der Waals surface area contributed by atoms with E-state index < -0.39 is 5.97 Å². The van der Waals surface area contributed by atoms with Gasteiger partial charge < -0.3 is 9.84 Å². The summed E-state index contributed by atoms with van der Waals surface area (Å²) in [6.45, 7) is 1.99. The van der Waals surface area contributed by atoms with Crippen molar-refractivity contribution < 1.29 is 14.6 Å². The summed E-state index contributed by atoms with van der Waals surface area (Å²) in [6.07, 6.45) is 3.54. The Morgan fingerprint density at radius 1 is 1.37 bits per heavy atom. The van der Waals surface area contributed by atoms with Crippen molar-refractivity contribution >= 4 is 5.97 Å². The second-order valence-electron chi connectivity index (χ2n) is 3.86. The third-order valence-corrected chi connectivity index (χ3v) is 2.43. The van der Waals surface area contributed by atoms with Crippen LogP contribution in [0.25, 0.3) is 0 Å². The molecule has 0 unspecified atom stereocenters. The lowest BCUT2D eigenvalue weighted by Gasteiger charge is -2.07. The maximum absolute atomic E-state index is 11.0. The largest absolute Gasteiger partial charge is 0.477 e. The number of hydrogen-bond donors (Lipinski definition) is 1. The number of carbonyl (C=O) groups is 1. The molecular weight excluding hydrogens is 246 g/mol. The minimum atomic E-state index is -1.10. The topological polar surface area (TPSA) is 85.2 Å². The van der Waals surface area contributed by atoms with Gasteiger partial charge >= 0.3 is 5.97 Å². The molecule has 0 radical (unpaired) electrons. The average Bonchev–Trinajstić information content (AvgIpc) is 2.39. The Morgan fingerprint density at radius 2 is 2.21 bits per heavy atom. The number of nitrogens with zero attached hydrogens (tertiary/aromatic N) is 3. The zero-order valence-electron chi connectivity index (χ0n) is 10.4. The quantitative estimate of drug-likeness (QED) is 0.875. The van der Waals surface area contributed by atoms with Gasteiger partial charge in [-0.3, -0.25) is 4.98 Å². The van der Waals surface area contributed by atoms with Gasteiger partial charge in [0.05, 0.1) is 6.61 Å². The minimum Gasteiger partial charge on any atom is -0.477 e. The molecule has 2 aromatic heterocycles. The summed E-state index contributed by atoms with van der Waals surface area (Å²) < 4.78 is 5.41.